The van der Waals surface area contributed by atoms with Crippen molar-refractivity contribution in [1.82, 2.24) is 0 Å². The number of hydrogen-bond acceptors (Lipinski definition) is 6. The molecule has 40 heavy (non-hydrogen) atoms. The Morgan fingerprint density at radius 3 is 1.57 bits per heavy atom. The summed E-state index contributed by atoms with van der Waals surface area (Å²) in [6.45, 7) is 10.8. The first kappa shape index (κ1) is 31.3. The van der Waals surface area contributed by atoms with Gasteiger partial charge in [0.15, 0.2) is 0 Å². The second-order valence-electron chi connectivity index (χ2n) is 10.3. The third kappa shape index (κ3) is 8.36. The minimum Gasteiger partial charge on any atom is -0.488 e. The summed E-state index contributed by atoms with van der Waals surface area (Å²) in [5.41, 5.74) is 1.19. The van der Waals surface area contributed by atoms with Gasteiger partial charge in [-0.3, -0.25) is 9.59 Å². The Hall–Kier alpha value is -3.28. The molecule has 0 heterocycles. The van der Waals surface area contributed by atoms with Gasteiger partial charge in [0.1, 0.15) is 36.9 Å². The van der Waals surface area contributed by atoms with E-state index in [-0.39, 0.29) is 37.4 Å². The molecule has 6 heteroatoms. The van der Waals surface area contributed by atoms with E-state index in [9.17, 15) is 9.59 Å². The van der Waals surface area contributed by atoms with Crippen LogP contribution in [0.25, 0.3) is 21.5 Å². The topological polar surface area (TPSA) is 71.1 Å². The molecule has 3 rings (SSSR count). The van der Waals surface area contributed by atoms with Crippen molar-refractivity contribution >= 4 is 33.5 Å². The van der Waals surface area contributed by atoms with Crippen molar-refractivity contribution in [1.29, 1.82) is 0 Å². The van der Waals surface area contributed by atoms with Crippen LogP contribution < -0.4 is 9.47 Å². The number of carbonyl (C=O) groups excluding carboxylic acids is 2. The van der Waals surface area contributed by atoms with Gasteiger partial charge in [-0.15, -0.1) is 0 Å². The van der Waals surface area contributed by atoms with Crippen LogP contribution in [-0.4, -0.2) is 37.4 Å². The van der Waals surface area contributed by atoms with Crippen LogP contribution in [0.15, 0.2) is 42.5 Å². The second-order valence-corrected chi connectivity index (χ2v) is 10.3. The van der Waals surface area contributed by atoms with E-state index in [4.69, 9.17) is 18.9 Å². The molecule has 3 aromatic carbocycles. The molecule has 0 radical (unpaired) electrons. The van der Waals surface area contributed by atoms with Crippen LogP contribution in [0, 0.1) is 0 Å². The lowest BCUT2D eigenvalue weighted by Gasteiger charge is -2.22. The van der Waals surface area contributed by atoms with Crippen LogP contribution >= 0.6 is 0 Å². The largest absolute Gasteiger partial charge is 0.488 e. The number of fused-ring (bicyclic) bond motifs is 2. The predicted molar refractivity (Wildman–Crippen MR) is 161 cm³/mol. The van der Waals surface area contributed by atoms with Gasteiger partial charge in [-0.05, 0) is 43.7 Å². The van der Waals surface area contributed by atoms with Crippen LogP contribution in [-0.2, 0) is 25.5 Å². The molecule has 6 nitrogen and oxygen atoms in total. The summed E-state index contributed by atoms with van der Waals surface area (Å²) < 4.78 is 24.4. The molecule has 0 aromatic heterocycles. The summed E-state index contributed by atoms with van der Waals surface area (Å²) in [6.07, 6.45) is 5.99. The number of benzene rings is 3. The zero-order chi connectivity index (χ0) is 28.9. The maximum atomic E-state index is 12.3. The van der Waals surface area contributed by atoms with Gasteiger partial charge in [-0.2, -0.15) is 0 Å². The first-order valence-corrected chi connectivity index (χ1v) is 15.1. The molecular formula is C34H46O6. The van der Waals surface area contributed by atoms with E-state index in [2.05, 4.69) is 39.0 Å². The summed E-state index contributed by atoms with van der Waals surface area (Å²) in [7, 11) is 0. The van der Waals surface area contributed by atoms with Crippen LogP contribution in [0.4, 0.5) is 0 Å². The van der Waals surface area contributed by atoms with E-state index in [0.29, 0.717) is 25.7 Å². The first-order valence-electron chi connectivity index (χ1n) is 15.1. The molecule has 2 atom stereocenters. The van der Waals surface area contributed by atoms with Gasteiger partial charge >= 0.3 is 11.9 Å². The molecule has 0 spiro atoms. The minimum atomic E-state index is -0.323. The number of ether oxygens (including phenoxy) is 4. The zero-order valence-corrected chi connectivity index (χ0v) is 24.9. The fraction of sp³-hybridized carbons (Fsp3) is 0.529. The van der Waals surface area contributed by atoms with Gasteiger partial charge in [0.05, 0.1) is 0 Å². The van der Waals surface area contributed by atoms with Crippen LogP contribution in [0.3, 0.4) is 0 Å². The van der Waals surface area contributed by atoms with E-state index >= 15 is 0 Å². The second kappa shape index (κ2) is 16.1. The lowest BCUT2D eigenvalue weighted by molar-refractivity contribution is -0.151. The Morgan fingerprint density at radius 2 is 1.12 bits per heavy atom. The van der Waals surface area contributed by atoms with Crippen molar-refractivity contribution in [2.45, 2.75) is 105 Å². The number of unbranched alkanes of at least 4 members (excludes halogenated alkanes) is 2. The fourth-order valence-corrected chi connectivity index (χ4v) is 4.63. The lowest BCUT2D eigenvalue weighted by Crippen LogP contribution is -2.25. The highest BCUT2D eigenvalue weighted by Crippen LogP contribution is 2.43. The van der Waals surface area contributed by atoms with Gasteiger partial charge in [0, 0.05) is 34.4 Å². The average Bonchev–Trinajstić information content (AvgIpc) is 2.98. The Balaban J connectivity index is 1.95. The van der Waals surface area contributed by atoms with E-state index in [1.165, 1.54) is 5.56 Å². The van der Waals surface area contributed by atoms with Gasteiger partial charge < -0.3 is 18.9 Å². The van der Waals surface area contributed by atoms with Crippen molar-refractivity contribution in [2.75, 3.05) is 13.2 Å². The van der Waals surface area contributed by atoms with Crippen molar-refractivity contribution in [3.05, 3.63) is 48.0 Å². The molecule has 2 unspecified atom stereocenters. The van der Waals surface area contributed by atoms with Gasteiger partial charge in [0.2, 0.25) is 0 Å². The SMILES string of the molecule is CCCCC(=O)OC(CC)COc1c2ccccc2c(OCC(CC)OC(=O)CCCC)c2cc(CC)ccc12. The van der Waals surface area contributed by atoms with E-state index in [0.717, 1.165) is 65.1 Å². The maximum Gasteiger partial charge on any atom is 0.306 e. The Bertz CT molecular complexity index is 1250. The normalized spacial score (nSPS) is 12.7. The van der Waals surface area contributed by atoms with E-state index in [1.807, 2.05) is 38.1 Å². The van der Waals surface area contributed by atoms with Crippen molar-refractivity contribution in [3.8, 4) is 11.5 Å². The zero-order valence-electron chi connectivity index (χ0n) is 24.9. The quantitative estimate of drug-likeness (QED) is 0.124. The van der Waals surface area contributed by atoms with Gasteiger partial charge in [-0.25, -0.2) is 0 Å². The molecule has 3 aromatic rings. The minimum absolute atomic E-state index is 0.176. The van der Waals surface area contributed by atoms with Crippen LogP contribution in [0.5, 0.6) is 11.5 Å². The fourth-order valence-electron chi connectivity index (χ4n) is 4.63. The van der Waals surface area contributed by atoms with Gasteiger partial charge in [-0.1, -0.05) is 83.9 Å². The van der Waals surface area contributed by atoms with Crippen molar-refractivity contribution in [2.24, 2.45) is 0 Å². The molecule has 0 aliphatic heterocycles. The average molecular weight is 551 g/mol. The highest BCUT2D eigenvalue weighted by atomic mass is 16.6. The lowest BCUT2D eigenvalue weighted by atomic mass is 9.98. The molecule has 0 amide bonds. The van der Waals surface area contributed by atoms with Crippen molar-refractivity contribution < 1.29 is 28.5 Å². The highest BCUT2D eigenvalue weighted by molar-refractivity contribution is 6.11. The number of esters is 2. The summed E-state index contributed by atoms with van der Waals surface area (Å²) in [6, 6.07) is 14.4. The highest BCUT2D eigenvalue weighted by Gasteiger charge is 2.21. The molecule has 0 saturated heterocycles. The van der Waals surface area contributed by atoms with Crippen LogP contribution in [0.1, 0.15) is 91.5 Å². The number of rotatable bonds is 17. The molecule has 0 aliphatic rings. The number of aryl methyl sites for hydroxylation is 1. The summed E-state index contributed by atoms with van der Waals surface area (Å²) in [5, 5.41) is 3.74. The predicted octanol–water partition coefficient (Wildman–Crippen LogP) is 8.34. The molecule has 0 N–H and O–H groups in total. The van der Waals surface area contributed by atoms with Crippen LogP contribution in [0.2, 0.25) is 0 Å². The summed E-state index contributed by atoms with van der Waals surface area (Å²) in [4.78, 5) is 24.5. The maximum absolute atomic E-state index is 12.3. The summed E-state index contributed by atoms with van der Waals surface area (Å²) >= 11 is 0. The molecule has 0 aliphatic carbocycles. The van der Waals surface area contributed by atoms with Gasteiger partial charge in [0.25, 0.3) is 0 Å². The molecule has 0 saturated carbocycles. The molecular weight excluding hydrogens is 504 g/mol. The first-order chi connectivity index (χ1) is 19.4. The molecule has 0 fully saturated rings. The summed E-state index contributed by atoms with van der Waals surface area (Å²) in [5.74, 6) is 1.16. The number of hydrogen-bond donors (Lipinski definition) is 0. The van der Waals surface area contributed by atoms with Crippen molar-refractivity contribution in [3.63, 3.8) is 0 Å². The van der Waals surface area contributed by atoms with E-state index in [1.54, 1.807) is 0 Å². The third-order valence-corrected chi connectivity index (χ3v) is 7.20. The standard InChI is InChI=1S/C34H46O6/c1-6-11-17-31(35)39-25(9-4)22-37-33-27-15-13-14-16-28(27)34(30-21-24(8-3)19-20-29(30)33)38-23-26(10-5)40-32(36)18-12-7-2/h13-16,19-21,25-26H,6-12,17-18,22-23H2,1-5H3. The molecule has 218 valence electrons. The molecule has 0 bridgehead atoms. The third-order valence-electron chi connectivity index (χ3n) is 7.20. The Kier molecular flexibility index (Phi) is 12.6. The Morgan fingerprint density at radius 1 is 0.650 bits per heavy atom. The smallest absolute Gasteiger partial charge is 0.306 e. The number of carbonyl (C=O) groups is 2. The monoisotopic (exact) mass is 550 g/mol. The Labute approximate surface area is 239 Å². The van der Waals surface area contributed by atoms with E-state index < -0.39 is 0 Å².